The maximum Gasteiger partial charge on any atom is 0.327 e. The smallest absolute Gasteiger partial charge is 0.327 e. The van der Waals surface area contributed by atoms with Crippen molar-refractivity contribution in [2.75, 3.05) is 11.4 Å². The van der Waals surface area contributed by atoms with Crippen molar-refractivity contribution in [3.8, 4) is 0 Å². The zero-order valence-corrected chi connectivity index (χ0v) is 11.6. The van der Waals surface area contributed by atoms with Crippen molar-refractivity contribution in [1.82, 2.24) is 0 Å². The summed E-state index contributed by atoms with van der Waals surface area (Å²) >= 11 is 0. The summed E-state index contributed by atoms with van der Waals surface area (Å²) in [4.78, 5) is 25.3. The number of carboxylic acid groups (broad SMARTS) is 1. The van der Waals surface area contributed by atoms with Gasteiger partial charge in [-0.2, -0.15) is 0 Å². The van der Waals surface area contributed by atoms with Gasteiger partial charge in [-0.15, -0.1) is 0 Å². The van der Waals surface area contributed by atoms with E-state index >= 15 is 0 Å². The topological polar surface area (TPSA) is 83.6 Å². The van der Waals surface area contributed by atoms with Crippen molar-refractivity contribution in [1.29, 1.82) is 0 Å². The van der Waals surface area contributed by atoms with E-state index in [1.54, 1.807) is 6.07 Å². The molecule has 0 saturated heterocycles. The molecule has 108 valence electrons. The summed E-state index contributed by atoms with van der Waals surface area (Å²) in [6.07, 6.45) is 1.48. The molecule has 5 nitrogen and oxygen atoms in total. The Balaban J connectivity index is 2.26. The highest BCUT2D eigenvalue weighted by atomic mass is 16.4. The van der Waals surface area contributed by atoms with Crippen LogP contribution in [0.15, 0.2) is 24.3 Å². The molecule has 20 heavy (non-hydrogen) atoms. The van der Waals surface area contributed by atoms with Crippen molar-refractivity contribution >= 4 is 17.6 Å². The van der Waals surface area contributed by atoms with E-state index in [0.29, 0.717) is 19.4 Å². The van der Waals surface area contributed by atoms with Crippen LogP contribution >= 0.6 is 0 Å². The lowest BCUT2D eigenvalue weighted by Crippen LogP contribution is -2.43. The van der Waals surface area contributed by atoms with Crippen molar-refractivity contribution in [3.05, 3.63) is 29.8 Å². The number of nitrogens with two attached hydrogens (primary N) is 1. The van der Waals surface area contributed by atoms with Crippen LogP contribution in [0.1, 0.15) is 25.3 Å². The average molecular weight is 276 g/mol. The van der Waals surface area contributed by atoms with Gasteiger partial charge in [0, 0.05) is 18.5 Å². The molecule has 1 aromatic carbocycles. The average Bonchev–Trinajstić information content (AvgIpc) is 2.84. The standard InChI is InChI=1S/C15H20N2O3/c1-2-10(9-16)7-14(18)17-12-6-4-3-5-11(12)8-13(17)15(19)20/h3-6,10,13H,2,7-9,16H2,1H3,(H,19,20)/t10?,13-/m0/s1. The molecule has 0 spiro atoms. The number of fused-ring (bicyclic) bond motifs is 1. The molecule has 1 heterocycles. The van der Waals surface area contributed by atoms with Gasteiger partial charge < -0.3 is 10.8 Å². The molecule has 5 heteroatoms. The third-order valence-corrected chi connectivity index (χ3v) is 3.90. The van der Waals surface area contributed by atoms with Crippen LogP contribution in [0.4, 0.5) is 5.69 Å². The highest BCUT2D eigenvalue weighted by molar-refractivity contribution is 6.01. The Bertz CT molecular complexity index is 512. The van der Waals surface area contributed by atoms with E-state index in [1.165, 1.54) is 4.90 Å². The second-order valence-corrected chi connectivity index (χ2v) is 5.16. The van der Waals surface area contributed by atoms with Crippen molar-refractivity contribution < 1.29 is 14.7 Å². The van der Waals surface area contributed by atoms with Crippen molar-refractivity contribution in [2.45, 2.75) is 32.2 Å². The van der Waals surface area contributed by atoms with Crippen LogP contribution in [0.2, 0.25) is 0 Å². The molecule has 0 aliphatic carbocycles. The summed E-state index contributed by atoms with van der Waals surface area (Å²) in [7, 11) is 0. The molecular weight excluding hydrogens is 256 g/mol. The Hall–Kier alpha value is -1.88. The molecular formula is C15H20N2O3. The van der Waals surface area contributed by atoms with Gasteiger partial charge in [0.25, 0.3) is 0 Å². The Morgan fingerprint density at radius 1 is 1.45 bits per heavy atom. The quantitative estimate of drug-likeness (QED) is 0.851. The van der Waals surface area contributed by atoms with E-state index < -0.39 is 12.0 Å². The van der Waals surface area contributed by atoms with Crippen molar-refractivity contribution in [3.63, 3.8) is 0 Å². The van der Waals surface area contributed by atoms with Crippen LogP contribution in [0.25, 0.3) is 0 Å². The van der Waals surface area contributed by atoms with E-state index in [9.17, 15) is 14.7 Å². The van der Waals surface area contributed by atoms with E-state index in [0.717, 1.165) is 17.7 Å². The van der Waals surface area contributed by atoms with Gasteiger partial charge in [-0.1, -0.05) is 31.5 Å². The molecule has 1 unspecified atom stereocenters. The minimum Gasteiger partial charge on any atom is -0.480 e. The van der Waals surface area contributed by atoms with Gasteiger partial charge in [-0.25, -0.2) is 4.79 Å². The Kier molecular flexibility index (Phi) is 4.39. The lowest BCUT2D eigenvalue weighted by Gasteiger charge is -2.24. The minimum atomic E-state index is -0.963. The van der Waals surface area contributed by atoms with Crippen LogP contribution < -0.4 is 10.6 Å². The lowest BCUT2D eigenvalue weighted by molar-refractivity contribution is -0.140. The number of benzene rings is 1. The number of hydrogen-bond donors (Lipinski definition) is 2. The molecule has 0 bridgehead atoms. The summed E-state index contributed by atoms with van der Waals surface area (Å²) < 4.78 is 0. The third kappa shape index (κ3) is 2.67. The first-order chi connectivity index (χ1) is 9.58. The fraction of sp³-hybridized carbons (Fsp3) is 0.467. The molecule has 1 amide bonds. The number of rotatable bonds is 5. The predicted molar refractivity (Wildman–Crippen MR) is 76.5 cm³/mol. The number of carboxylic acids is 1. The number of amides is 1. The zero-order chi connectivity index (χ0) is 14.7. The first-order valence-corrected chi connectivity index (χ1v) is 6.91. The molecule has 2 atom stereocenters. The van der Waals surface area contributed by atoms with Gasteiger partial charge in [0.15, 0.2) is 0 Å². The van der Waals surface area contributed by atoms with E-state index in [4.69, 9.17) is 5.73 Å². The second kappa shape index (κ2) is 6.05. The Labute approximate surface area is 118 Å². The highest BCUT2D eigenvalue weighted by Gasteiger charge is 2.38. The van der Waals surface area contributed by atoms with Crippen LogP contribution in [-0.4, -0.2) is 29.6 Å². The normalized spacial score (nSPS) is 18.7. The van der Waals surface area contributed by atoms with Gasteiger partial charge >= 0.3 is 5.97 Å². The SMILES string of the molecule is CCC(CN)CC(=O)N1c2ccccc2C[C@H]1C(=O)O. The van der Waals surface area contributed by atoms with Crippen LogP contribution in [0.3, 0.4) is 0 Å². The zero-order valence-electron chi connectivity index (χ0n) is 11.6. The Morgan fingerprint density at radius 2 is 2.15 bits per heavy atom. The first kappa shape index (κ1) is 14.5. The molecule has 1 aromatic rings. The van der Waals surface area contributed by atoms with Gasteiger partial charge in [0.2, 0.25) is 5.91 Å². The number of aliphatic carboxylic acids is 1. The van der Waals surface area contributed by atoms with E-state index in [-0.39, 0.29) is 11.8 Å². The predicted octanol–water partition coefficient (Wildman–Crippen LogP) is 1.40. The molecule has 1 aliphatic rings. The fourth-order valence-electron chi connectivity index (χ4n) is 2.63. The summed E-state index contributed by atoms with van der Waals surface area (Å²) in [5.41, 5.74) is 7.26. The van der Waals surface area contributed by atoms with Gasteiger partial charge in [-0.05, 0) is 24.1 Å². The van der Waals surface area contributed by atoms with Gasteiger partial charge in [0.05, 0.1) is 0 Å². The molecule has 1 aliphatic heterocycles. The number of anilines is 1. The summed E-state index contributed by atoms with van der Waals surface area (Å²) in [5, 5.41) is 9.33. The van der Waals surface area contributed by atoms with Gasteiger partial charge in [-0.3, -0.25) is 9.69 Å². The number of carbonyl (C=O) groups excluding carboxylic acids is 1. The molecule has 3 N–H and O–H groups in total. The molecule has 0 radical (unpaired) electrons. The fourth-order valence-corrected chi connectivity index (χ4v) is 2.63. The maximum atomic E-state index is 12.5. The van der Waals surface area contributed by atoms with Crippen molar-refractivity contribution in [2.24, 2.45) is 11.7 Å². The number of nitrogens with zero attached hydrogens (tertiary/aromatic N) is 1. The van der Waals surface area contributed by atoms with Crippen LogP contribution in [0.5, 0.6) is 0 Å². The highest BCUT2D eigenvalue weighted by Crippen LogP contribution is 2.33. The second-order valence-electron chi connectivity index (χ2n) is 5.16. The third-order valence-electron chi connectivity index (χ3n) is 3.90. The van der Waals surface area contributed by atoms with E-state index in [2.05, 4.69) is 0 Å². The summed E-state index contributed by atoms with van der Waals surface area (Å²) in [5.74, 6) is -1.01. The number of para-hydroxylation sites is 1. The molecule has 0 fully saturated rings. The largest absolute Gasteiger partial charge is 0.480 e. The summed E-state index contributed by atoms with van der Waals surface area (Å²) in [6, 6.07) is 6.57. The monoisotopic (exact) mass is 276 g/mol. The molecule has 2 rings (SSSR count). The number of hydrogen-bond acceptors (Lipinski definition) is 3. The van der Waals surface area contributed by atoms with E-state index in [1.807, 2.05) is 25.1 Å². The molecule has 0 saturated carbocycles. The van der Waals surface area contributed by atoms with Crippen LogP contribution in [-0.2, 0) is 16.0 Å². The van der Waals surface area contributed by atoms with Gasteiger partial charge in [0.1, 0.15) is 6.04 Å². The van der Waals surface area contributed by atoms with Crippen LogP contribution in [0, 0.1) is 5.92 Å². The minimum absolute atomic E-state index is 0.102. The maximum absolute atomic E-state index is 12.5. The Morgan fingerprint density at radius 3 is 2.75 bits per heavy atom. The first-order valence-electron chi connectivity index (χ1n) is 6.91. The lowest BCUT2D eigenvalue weighted by atomic mass is 10.0. The molecule has 0 aromatic heterocycles. The summed E-state index contributed by atoms with van der Waals surface area (Å²) in [6.45, 7) is 2.42. The number of carbonyl (C=O) groups is 2.